The summed E-state index contributed by atoms with van der Waals surface area (Å²) >= 11 is 0. The first-order valence-corrected chi connectivity index (χ1v) is 10.3. The SMILES string of the molecule is COc1ccc(C(=O)N2CCCN(C(=O)COc3c(C)ccc(C)c3C)CC2)cc1. The molecule has 2 amide bonds. The normalized spacial score (nSPS) is 14.3. The van der Waals surface area contributed by atoms with E-state index in [0.29, 0.717) is 31.7 Å². The Balaban J connectivity index is 1.57. The maximum atomic E-state index is 12.8. The summed E-state index contributed by atoms with van der Waals surface area (Å²) < 4.78 is 11.0. The zero-order valence-corrected chi connectivity index (χ0v) is 18.2. The van der Waals surface area contributed by atoms with Crippen molar-refractivity contribution >= 4 is 11.8 Å². The van der Waals surface area contributed by atoms with Gasteiger partial charge in [0.15, 0.2) is 6.61 Å². The molecule has 1 fully saturated rings. The Kier molecular flexibility index (Phi) is 6.98. The van der Waals surface area contributed by atoms with E-state index < -0.39 is 0 Å². The Bertz CT molecular complexity index is 908. The predicted molar refractivity (Wildman–Crippen MR) is 116 cm³/mol. The molecule has 0 atom stereocenters. The lowest BCUT2D eigenvalue weighted by Crippen LogP contribution is -2.39. The number of rotatable bonds is 5. The molecule has 1 saturated heterocycles. The summed E-state index contributed by atoms with van der Waals surface area (Å²) in [6.07, 6.45) is 0.746. The van der Waals surface area contributed by atoms with Gasteiger partial charge in [0.05, 0.1) is 7.11 Å². The summed E-state index contributed by atoms with van der Waals surface area (Å²) in [5, 5.41) is 0. The third-order valence-electron chi connectivity index (χ3n) is 5.69. The van der Waals surface area contributed by atoms with E-state index >= 15 is 0 Å². The van der Waals surface area contributed by atoms with Gasteiger partial charge in [-0.2, -0.15) is 0 Å². The third kappa shape index (κ3) is 4.93. The molecule has 1 aliphatic rings. The van der Waals surface area contributed by atoms with Crippen LogP contribution in [0.1, 0.15) is 33.5 Å². The van der Waals surface area contributed by atoms with E-state index in [-0.39, 0.29) is 18.4 Å². The Morgan fingerprint density at radius 1 is 0.867 bits per heavy atom. The van der Waals surface area contributed by atoms with Crippen molar-refractivity contribution in [2.24, 2.45) is 0 Å². The van der Waals surface area contributed by atoms with Crippen LogP contribution in [-0.4, -0.2) is 61.5 Å². The lowest BCUT2D eigenvalue weighted by atomic mass is 10.1. The van der Waals surface area contributed by atoms with Gasteiger partial charge in [0.25, 0.3) is 11.8 Å². The van der Waals surface area contributed by atoms with Crippen LogP contribution in [-0.2, 0) is 4.79 Å². The molecule has 0 aliphatic carbocycles. The molecule has 0 spiro atoms. The first-order chi connectivity index (χ1) is 14.4. The van der Waals surface area contributed by atoms with Crippen LogP contribution in [0.2, 0.25) is 0 Å². The van der Waals surface area contributed by atoms with Gasteiger partial charge in [-0.3, -0.25) is 9.59 Å². The van der Waals surface area contributed by atoms with E-state index in [1.54, 1.807) is 36.3 Å². The quantitative estimate of drug-likeness (QED) is 0.758. The zero-order valence-electron chi connectivity index (χ0n) is 18.2. The number of hydrogen-bond donors (Lipinski definition) is 0. The van der Waals surface area contributed by atoms with Crippen LogP contribution in [0.25, 0.3) is 0 Å². The Labute approximate surface area is 178 Å². The standard InChI is InChI=1S/C24H30N2O4/c1-17-6-7-18(2)23(19(17)3)30-16-22(27)25-12-5-13-26(15-14-25)24(28)20-8-10-21(29-4)11-9-20/h6-11H,5,12-16H2,1-4H3. The van der Waals surface area contributed by atoms with Crippen molar-refractivity contribution in [3.8, 4) is 11.5 Å². The molecule has 0 saturated carbocycles. The molecule has 160 valence electrons. The summed E-state index contributed by atoms with van der Waals surface area (Å²) in [6.45, 7) is 8.32. The lowest BCUT2D eigenvalue weighted by molar-refractivity contribution is -0.133. The van der Waals surface area contributed by atoms with E-state index in [2.05, 4.69) is 6.07 Å². The summed E-state index contributed by atoms with van der Waals surface area (Å²) in [5.41, 5.74) is 3.86. The van der Waals surface area contributed by atoms with Crippen molar-refractivity contribution in [1.29, 1.82) is 0 Å². The van der Waals surface area contributed by atoms with E-state index in [1.165, 1.54) is 0 Å². The van der Waals surface area contributed by atoms with Crippen molar-refractivity contribution in [1.82, 2.24) is 9.80 Å². The molecule has 1 heterocycles. The van der Waals surface area contributed by atoms with Crippen molar-refractivity contribution in [2.75, 3.05) is 39.9 Å². The second kappa shape index (κ2) is 9.65. The molecule has 0 bridgehead atoms. The van der Waals surface area contributed by atoms with Gasteiger partial charge in [-0.05, 0) is 68.1 Å². The van der Waals surface area contributed by atoms with Gasteiger partial charge in [-0.15, -0.1) is 0 Å². The molecule has 2 aromatic carbocycles. The Hall–Kier alpha value is -3.02. The number of aryl methyl sites for hydroxylation is 2. The van der Waals surface area contributed by atoms with Crippen molar-refractivity contribution in [3.63, 3.8) is 0 Å². The topological polar surface area (TPSA) is 59.1 Å². The zero-order chi connectivity index (χ0) is 21.7. The van der Waals surface area contributed by atoms with Crippen LogP contribution >= 0.6 is 0 Å². The predicted octanol–water partition coefficient (Wildman–Crippen LogP) is 3.37. The average Bonchev–Trinajstić information content (AvgIpc) is 3.02. The highest BCUT2D eigenvalue weighted by molar-refractivity contribution is 5.94. The second-order valence-corrected chi connectivity index (χ2v) is 7.70. The molecule has 0 N–H and O–H groups in total. The van der Waals surface area contributed by atoms with Gasteiger partial charge in [-0.1, -0.05) is 12.1 Å². The number of benzene rings is 2. The van der Waals surface area contributed by atoms with Gasteiger partial charge in [0, 0.05) is 31.7 Å². The fourth-order valence-corrected chi connectivity index (χ4v) is 3.66. The minimum atomic E-state index is -0.0472. The number of nitrogens with zero attached hydrogens (tertiary/aromatic N) is 2. The monoisotopic (exact) mass is 410 g/mol. The number of amides is 2. The fraction of sp³-hybridized carbons (Fsp3) is 0.417. The smallest absolute Gasteiger partial charge is 0.260 e. The van der Waals surface area contributed by atoms with Crippen molar-refractivity contribution < 1.29 is 19.1 Å². The highest BCUT2D eigenvalue weighted by atomic mass is 16.5. The minimum Gasteiger partial charge on any atom is -0.497 e. The Morgan fingerprint density at radius 3 is 2.20 bits per heavy atom. The molecule has 6 heteroatoms. The molecule has 1 aliphatic heterocycles. The van der Waals surface area contributed by atoms with Gasteiger partial charge in [0.1, 0.15) is 11.5 Å². The largest absolute Gasteiger partial charge is 0.497 e. The van der Waals surface area contributed by atoms with Crippen LogP contribution in [0.15, 0.2) is 36.4 Å². The molecule has 2 aromatic rings. The van der Waals surface area contributed by atoms with Crippen LogP contribution in [0, 0.1) is 20.8 Å². The van der Waals surface area contributed by atoms with Crippen LogP contribution in [0.4, 0.5) is 0 Å². The molecule has 0 unspecified atom stereocenters. The molecule has 0 aromatic heterocycles. The van der Waals surface area contributed by atoms with Crippen LogP contribution in [0.5, 0.6) is 11.5 Å². The van der Waals surface area contributed by atoms with Gasteiger partial charge in [0.2, 0.25) is 0 Å². The van der Waals surface area contributed by atoms with E-state index in [9.17, 15) is 9.59 Å². The number of methoxy groups -OCH3 is 1. The summed E-state index contributed by atoms with van der Waals surface area (Å²) in [7, 11) is 1.60. The molecular weight excluding hydrogens is 380 g/mol. The number of ether oxygens (including phenoxy) is 2. The third-order valence-corrected chi connectivity index (χ3v) is 5.69. The summed E-state index contributed by atoms with van der Waals surface area (Å²) in [6, 6.07) is 11.2. The second-order valence-electron chi connectivity index (χ2n) is 7.70. The van der Waals surface area contributed by atoms with Crippen molar-refractivity contribution in [3.05, 3.63) is 58.7 Å². The Morgan fingerprint density at radius 2 is 1.50 bits per heavy atom. The maximum Gasteiger partial charge on any atom is 0.260 e. The lowest BCUT2D eigenvalue weighted by Gasteiger charge is -2.23. The van der Waals surface area contributed by atoms with Gasteiger partial charge >= 0.3 is 0 Å². The van der Waals surface area contributed by atoms with Crippen molar-refractivity contribution in [2.45, 2.75) is 27.2 Å². The first kappa shape index (κ1) is 21.7. The van der Waals surface area contributed by atoms with E-state index in [4.69, 9.17) is 9.47 Å². The average molecular weight is 411 g/mol. The highest BCUT2D eigenvalue weighted by Gasteiger charge is 2.23. The van der Waals surface area contributed by atoms with Crippen LogP contribution in [0.3, 0.4) is 0 Å². The van der Waals surface area contributed by atoms with Gasteiger partial charge in [-0.25, -0.2) is 0 Å². The highest BCUT2D eigenvalue weighted by Crippen LogP contribution is 2.25. The number of carbonyl (C=O) groups excluding carboxylic acids is 2. The summed E-state index contributed by atoms with van der Waals surface area (Å²) in [5.74, 6) is 1.44. The molecule has 30 heavy (non-hydrogen) atoms. The number of carbonyl (C=O) groups is 2. The molecule has 3 rings (SSSR count). The fourth-order valence-electron chi connectivity index (χ4n) is 3.66. The summed E-state index contributed by atoms with van der Waals surface area (Å²) in [4.78, 5) is 29.1. The number of hydrogen-bond acceptors (Lipinski definition) is 4. The molecule has 6 nitrogen and oxygen atoms in total. The first-order valence-electron chi connectivity index (χ1n) is 10.3. The van der Waals surface area contributed by atoms with E-state index in [0.717, 1.165) is 34.6 Å². The van der Waals surface area contributed by atoms with Crippen LogP contribution < -0.4 is 9.47 Å². The van der Waals surface area contributed by atoms with E-state index in [1.807, 2.05) is 31.7 Å². The minimum absolute atomic E-state index is 0.0115. The maximum absolute atomic E-state index is 12.8. The molecule has 0 radical (unpaired) electrons. The van der Waals surface area contributed by atoms with Gasteiger partial charge < -0.3 is 19.3 Å². The molecular formula is C24H30N2O4.